The Kier molecular flexibility index (Phi) is 10.2. The molecule has 2 aromatic heterocycles. The number of rotatable bonds is 7. The van der Waals surface area contributed by atoms with Gasteiger partial charge in [-0.3, -0.25) is 14.6 Å². The molecule has 0 aliphatic carbocycles. The van der Waals surface area contributed by atoms with Crippen molar-refractivity contribution in [2.24, 2.45) is 5.92 Å². The van der Waals surface area contributed by atoms with Gasteiger partial charge in [-0.05, 0) is 62.5 Å². The van der Waals surface area contributed by atoms with Crippen molar-refractivity contribution in [2.45, 2.75) is 26.3 Å². The van der Waals surface area contributed by atoms with Crippen molar-refractivity contribution in [3.05, 3.63) is 70.3 Å². The second-order valence-corrected chi connectivity index (χ2v) is 7.98. The first-order valence-corrected chi connectivity index (χ1v) is 10.8. The maximum absolute atomic E-state index is 12.9. The number of aromatic nitrogens is 2. The Morgan fingerprint density at radius 2 is 2.06 bits per heavy atom. The van der Waals surface area contributed by atoms with Crippen molar-refractivity contribution in [2.75, 3.05) is 26.2 Å². The molecule has 9 heteroatoms. The number of carbonyl (C=O) groups is 1. The van der Waals surface area contributed by atoms with Crippen LogP contribution in [0.5, 0.6) is 5.75 Å². The molecule has 1 aliphatic rings. The SMILES string of the molecule is Cc1ccn(CC2CCCNC2)c(=O)c1C(=O)NCCOc1cccc2cccnc12.Cl.Cl. The second-order valence-electron chi connectivity index (χ2n) is 7.98. The lowest BCUT2D eigenvalue weighted by molar-refractivity contribution is 0.0944. The van der Waals surface area contributed by atoms with Crippen LogP contribution in [0.15, 0.2) is 53.6 Å². The first kappa shape index (κ1) is 26.6. The van der Waals surface area contributed by atoms with Crippen LogP contribution >= 0.6 is 24.8 Å². The molecule has 2 N–H and O–H groups in total. The van der Waals surface area contributed by atoms with Crippen molar-refractivity contribution in [1.29, 1.82) is 0 Å². The summed E-state index contributed by atoms with van der Waals surface area (Å²) < 4.78 is 7.49. The summed E-state index contributed by atoms with van der Waals surface area (Å²) in [5.74, 6) is 0.720. The Balaban J connectivity index is 0.00000193. The number of pyridine rings is 2. The van der Waals surface area contributed by atoms with Gasteiger partial charge in [0.25, 0.3) is 11.5 Å². The number of halogens is 2. The van der Waals surface area contributed by atoms with E-state index in [0.29, 0.717) is 30.3 Å². The zero-order chi connectivity index (χ0) is 21.6. The summed E-state index contributed by atoms with van der Waals surface area (Å²) in [6.45, 7) is 4.94. The molecule has 1 atom stereocenters. The third kappa shape index (κ3) is 6.47. The molecule has 1 saturated heterocycles. The number of piperidine rings is 1. The van der Waals surface area contributed by atoms with Gasteiger partial charge in [-0.1, -0.05) is 18.2 Å². The van der Waals surface area contributed by atoms with Crippen LogP contribution in [0, 0.1) is 12.8 Å². The lowest BCUT2D eigenvalue weighted by Crippen LogP contribution is -2.38. The van der Waals surface area contributed by atoms with Gasteiger partial charge in [0.2, 0.25) is 0 Å². The largest absolute Gasteiger partial charge is 0.489 e. The number of para-hydroxylation sites is 1. The van der Waals surface area contributed by atoms with Crippen LogP contribution in [-0.2, 0) is 6.54 Å². The number of fused-ring (bicyclic) bond motifs is 1. The number of hydrogen-bond donors (Lipinski definition) is 2. The highest BCUT2D eigenvalue weighted by Crippen LogP contribution is 2.22. The molecule has 4 rings (SSSR count). The van der Waals surface area contributed by atoms with E-state index in [-0.39, 0.29) is 48.5 Å². The first-order valence-electron chi connectivity index (χ1n) is 10.8. The molecule has 7 nitrogen and oxygen atoms in total. The number of amides is 1. The monoisotopic (exact) mass is 492 g/mol. The fourth-order valence-electron chi connectivity index (χ4n) is 4.05. The summed E-state index contributed by atoms with van der Waals surface area (Å²) in [4.78, 5) is 30.1. The molecule has 0 spiro atoms. The van der Waals surface area contributed by atoms with Crippen LogP contribution in [0.4, 0.5) is 0 Å². The molecule has 1 aromatic carbocycles. The molecule has 1 unspecified atom stereocenters. The number of ether oxygens (including phenoxy) is 1. The lowest BCUT2D eigenvalue weighted by Gasteiger charge is -2.23. The third-order valence-corrected chi connectivity index (χ3v) is 5.70. The van der Waals surface area contributed by atoms with E-state index in [0.717, 1.165) is 36.8 Å². The van der Waals surface area contributed by atoms with Crippen LogP contribution in [0.1, 0.15) is 28.8 Å². The van der Waals surface area contributed by atoms with Gasteiger partial charge in [0, 0.05) is 24.3 Å². The zero-order valence-electron chi connectivity index (χ0n) is 18.6. The van der Waals surface area contributed by atoms with Crippen LogP contribution in [0.25, 0.3) is 10.9 Å². The smallest absolute Gasteiger partial charge is 0.263 e. The van der Waals surface area contributed by atoms with Crippen molar-refractivity contribution >= 4 is 41.6 Å². The van der Waals surface area contributed by atoms with E-state index in [1.165, 1.54) is 0 Å². The molecule has 1 amide bonds. The van der Waals surface area contributed by atoms with Gasteiger partial charge in [-0.25, -0.2) is 0 Å². The molecule has 1 fully saturated rings. The molecular formula is C24H30Cl2N4O3. The van der Waals surface area contributed by atoms with E-state index in [9.17, 15) is 9.59 Å². The van der Waals surface area contributed by atoms with E-state index >= 15 is 0 Å². The van der Waals surface area contributed by atoms with Crippen LogP contribution in [-0.4, -0.2) is 41.7 Å². The highest BCUT2D eigenvalue weighted by atomic mass is 35.5. The maximum Gasteiger partial charge on any atom is 0.263 e. The molecule has 1 aliphatic heterocycles. The molecule has 0 radical (unpaired) electrons. The average Bonchev–Trinajstić information content (AvgIpc) is 2.79. The summed E-state index contributed by atoms with van der Waals surface area (Å²) in [6.07, 6.45) is 5.73. The van der Waals surface area contributed by atoms with Crippen molar-refractivity contribution in [3.8, 4) is 5.75 Å². The number of nitrogens with one attached hydrogen (secondary N) is 2. The summed E-state index contributed by atoms with van der Waals surface area (Å²) in [6, 6.07) is 11.4. The van der Waals surface area contributed by atoms with Gasteiger partial charge < -0.3 is 19.9 Å². The zero-order valence-corrected chi connectivity index (χ0v) is 20.2. The van der Waals surface area contributed by atoms with E-state index in [4.69, 9.17) is 4.74 Å². The highest BCUT2D eigenvalue weighted by molar-refractivity contribution is 5.95. The number of carbonyl (C=O) groups excluding carboxylic acids is 1. The highest BCUT2D eigenvalue weighted by Gasteiger charge is 2.19. The maximum atomic E-state index is 12.9. The molecule has 33 heavy (non-hydrogen) atoms. The number of hydrogen-bond acceptors (Lipinski definition) is 5. The van der Waals surface area contributed by atoms with Crippen LogP contribution < -0.4 is 20.9 Å². The fourth-order valence-corrected chi connectivity index (χ4v) is 4.05. The summed E-state index contributed by atoms with van der Waals surface area (Å²) in [7, 11) is 0. The third-order valence-electron chi connectivity index (χ3n) is 5.70. The molecule has 3 aromatic rings. The van der Waals surface area contributed by atoms with Gasteiger partial charge in [0.15, 0.2) is 0 Å². The number of benzene rings is 1. The first-order chi connectivity index (χ1) is 15.1. The second kappa shape index (κ2) is 12.6. The predicted octanol–water partition coefficient (Wildman–Crippen LogP) is 3.36. The molecule has 178 valence electrons. The van der Waals surface area contributed by atoms with E-state index in [1.54, 1.807) is 23.9 Å². The van der Waals surface area contributed by atoms with Crippen LogP contribution in [0.2, 0.25) is 0 Å². The minimum atomic E-state index is -0.363. The van der Waals surface area contributed by atoms with E-state index < -0.39 is 0 Å². The van der Waals surface area contributed by atoms with Gasteiger partial charge >= 0.3 is 0 Å². The topological polar surface area (TPSA) is 85.2 Å². The molecule has 0 saturated carbocycles. The minimum absolute atomic E-state index is 0. The molecule has 3 heterocycles. The summed E-state index contributed by atoms with van der Waals surface area (Å²) >= 11 is 0. The lowest BCUT2D eigenvalue weighted by atomic mass is 9.99. The Labute approximate surface area is 205 Å². The Hall–Kier alpha value is -2.61. The van der Waals surface area contributed by atoms with Gasteiger partial charge in [0.1, 0.15) is 23.4 Å². The summed E-state index contributed by atoms with van der Waals surface area (Å²) in [5.41, 5.74) is 1.44. The number of aryl methyl sites for hydroxylation is 1. The Bertz CT molecular complexity index is 1120. The normalized spacial score (nSPS) is 15.2. The van der Waals surface area contributed by atoms with Crippen molar-refractivity contribution in [3.63, 3.8) is 0 Å². The van der Waals surface area contributed by atoms with Crippen molar-refractivity contribution < 1.29 is 9.53 Å². The van der Waals surface area contributed by atoms with Crippen LogP contribution in [0.3, 0.4) is 0 Å². The standard InChI is InChI=1S/C24H28N4O3.2ClH/c1-17-9-13-28(16-18-5-3-10-25-15-18)24(30)21(17)23(29)27-12-14-31-20-8-2-6-19-7-4-11-26-22(19)20;;/h2,4,6-9,11,13,18,25H,3,5,10,12,14-16H2,1H3,(H,27,29);2*1H. The van der Waals surface area contributed by atoms with E-state index in [2.05, 4.69) is 15.6 Å². The average molecular weight is 493 g/mol. The van der Waals surface area contributed by atoms with Gasteiger partial charge in [0.05, 0.1) is 6.54 Å². The number of nitrogens with zero attached hydrogens (tertiary/aromatic N) is 2. The fraction of sp³-hybridized carbons (Fsp3) is 0.375. The quantitative estimate of drug-likeness (QED) is 0.494. The molecular weight excluding hydrogens is 463 g/mol. The Morgan fingerprint density at radius 3 is 2.85 bits per heavy atom. The molecule has 0 bridgehead atoms. The van der Waals surface area contributed by atoms with Gasteiger partial charge in [-0.15, -0.1) is 24.8 Å². The van der Waals surface area contributed by atoms with Crippen molar-refractivity contribution in [1.82, 2.24) is 20.2 Å². The van der Waals surface area contributed by atoms with E-state index in [1.807, 2.05) is 36.4 Å². The minimum Gasteiger partial charge on any atom is -0.489 e. The predicted molar refractivity (Wildman–Crippen MR) is 135 cm³/mol. The Morgan fingerprint density at radius 1 is 1.24 bits per heavy atom. The summed E-state index contributed by atoms with van der Waals surface area (Å²) in [5, 5.41) is 7.19. The van der Waals surface area contributed by atoms with Gasteiger partial charge in [-0.2, -0.15) is 0 Å².